The Morgan fingerprint density at radius 2 is 0.929 bits per heavy atom. The maximum Gasteiger partial charge on any atom is 0.164 e. The van der Waals surface area contributed by atoms with Crippen LogP contribution in [0.15, 0.2) is 227 Å². The van der Waals surface area contributed by atoms with Crippen LogP contribution in [0.1, 0.15) is 0 Å². The van der Waals surface area contributed by atoms with Crippen molar-refractivity contribution in [3.63, 3.8) is 0 Å². The summed E-state index contributed by atoms with van der Waals surface area (Å²) in [4.78, 5) is 15.6. The van der Waals surface area contributed by atoms with Gasteiger partial charge in [0, 0.05) is 80.4 Å². The van der Waals surface area contributed by atoms with Crippen LogP contribution >= 0.6 is 11.3 Å². The first-order valence-electron chi connectivity index (χ1n) is 23.4. The SMILES string of the molecule is c1ccc(-c2nc(-c3ccc4c(c3)oc3cc(-c5cccc6sc7ccccc7c56)ccc34)nc(-c3cccc4oc5c(-c6ccc7c(c6)c6ccccc6n7-c6ccccc6)cccc5c34)n2)cc1. The third-order valence-corrected chi connectivity index (χ3v) is 15.0. The molecule has 15 aromatic rings. The fraction of sp³-hybridized carbons (Fsp3) is 0. The van der Waals surface area contributed by atoms with E-state index in [1.54, 1.807) is 0 Å². The molecular weight excluding hydrogens is 877 g/mol. The van der Waals surface area contributed by atoms with E-state index in [-0.39, 0.29) is 0 Å². The average molecular weight is 913 g/mol. The molecule has 15 rings (SSSR count). The Kier molecular flexibility index (Phi) is 8.43. The minimum atomic E-state index is 0.552. The van der Waals surface area contributed by atoms with Crippen molar-refractivity contribution in [2.24, 2.45) is 0 Å². The normalized spacial score (nSPS) is 12.0. The van der Waals surface area contributed by atoms with E-state index in [2.05, 4.69) is 180 Å². The van der Waals surface area contributed by atoms with Crippen LogP contribution in [0.3, 0.4) is 0 Å². The standard InChI is InChI=1S/C63H36N4O2S/c1-3-14-37(15-4-1)61-64-62(40-29-32-46-45-31-28-39(35-54(45)68-55(46)36-40)42-20-13-27-57-59(42)47-19-8-10-26-56(47)70-57)66-63(65-61)49-23-12-25-53-58(49)48-22-11-21-43(60(48)69-53)38-30-33-52-50(34-38)44-18-7-9-24-51(44)67(52)41-16-5-2-6-17-41/h1-36H. The number of benzene rings is 10. The first-order valence-corrected chi connectivity index (χ1v) is 24.2. The predicted molar refractivity (Wildman–Crippen MR) is 289 cm³/mol. The first-order chi connectivity index (χ1) is 34.7. The monoisotopic (exact) mass is 912 g/mol. The second-order valence-electron chi connectivity index (χ2n) is 17.9. The van der Waals surface area contributed by atoms with Gasteiger partial charge in [0.15, 0.2) is 17.5 Å². The molecule has 0 aliphatic rings. The Bertz CT molecular complexity index is 4600. The second-order valence-corrected chi connectivity index (χ2v) is 18.9. The molecular formula is C63H36N4O2S. The molecule has 10 aromatic carbocycles. The molecule has 0 atom stereocenters. The summed E-state index contributed by atoms with van der Waals surface area (Å²) < 4.78 is 18.5. The lowest BCUT2D eigenvalue weighted by Gasteiger charge is -2.09. The van der Waals surface area contributed by atoms with Gasteiger partial charge in [0.2, 0.25) is 0 Å². The summed E-state index contributed by atoms with van der Waals surface area (Å²) in [6, 6.07) is 76.6. The van der Waals surface area contributed by atoms with Crippen LogP contribution in [-0.2, 0) is 0 Å². The number of aromatic nitrogens is 4. The predicted octanol–water partition coefficient (Wildman–Crippen LogP) is 17.5. The Morgan fingerprint density at radius 3 is 1.79 bits per heavy atom. The third kappa shape index (κ3) is 5.95. The van der Waals surface area contributed by atoms with Crippen LogP contribution in [0.4, 0.5) is 0 Å². The Morgan fingerprint density at radius 1 is 0.329 bits per heavy atom. The van der Waals surface area contributed by atoms with Crippen molar-refractivity contribution in [2.45, 2.75) is 0 Å². The topological polar surface area (TPSA) is 69.9 Å². The minimum Gasteiger partial charge on any atom is -0.456 e. The van der Waals surface area contributed by atoms with Crippen molar-refractivity contribution >= 4 is 97.2 Å². The summed E-state index contributed by atoms with van der Waals surface area (Å²) in [7, 11) is 0. The molecule has 0 spiro atoms. The smallest absolute Gasteiger partial charge is 0.164 e. The van der Waals surface area contributed by atoms with E-state index < -0.39 is 0 Å². The molecule has 0 unspecified atom stereocenters. The van der Waals surface area contributed by atoms with Gasteiger partial charge in [0.25, 0.3) is 0 Å². The zero-order valence-corrected chi connectivity index (χ0v) is 38.1. The molecule has 0 aliphatic heterocycles. The largest absolute Gasteiger partial charge is 0.456 e. The molecule has 7 heteroatoms. The number of rotatable bonds is 6. The molecule has 0 fully saturated rings. The highest BCUT2D eigenvalue weighted by molar-refractivity contribution is 7.25. The Labute approximate surface area is 404 Å². The molecule has 0 radical (unpaired) electrons. The van der Waals surface area contributed by atoms with Gasteiger partial charge in [-0.3, -0.25) is 0 Å². The van der Waals surface area contributed by atoms with Crippen molar-refractivity contribution in [1.82, 2.24) is 19.5 Å². The summed E-state index contributed by atoms with van der Waals surface area (Å²) >= 11 is 1.83. The Balaban J connectivity index is 0.862. The summed E-state index contributed by atoms with van der Waals surface area (Å²) in [5.41, 5.74) is 13.6. The molecule has 5 aromatic heterocycles. The van der Waals surface area contributed by atoms with E-state index in [1.807, 2.05) is 53.8 Å². The van der Waals surface area contributed by atoms with Gasteiger partial charge < -0.3 is 13.4 Å². The molecule has 326 valence electrons. The molecule has 0 aliphatic carbocycles. The van der Waals surface area contributed by atoms with Crippen LogP contribution in [0, 0.1) is 0 Å². The molecule has 0 bridgehead atoms. The van der Waals surface area contributed by atoms with Gasteiger partial charge in [0.1, 0.15) is 22.3 Å². The van der Waals surface area contributed by atoms with E-state index in [1.165, 1.54) is 42.0 Å². The van der Waals surface area contributed by atoms with Crippen LogP contribution in [0.25, 0.3) is 148 Å². The highest BCUT2D eigenvalue weighted by atomic mass is 32.1. The van der Waals surface area contributed by atoms with Crippen LogP contribution in [0.2, 0.25) is 0 Å². The van der Waals surface area contributed by atoms with E-state index in [0.29, 0.717) is 17.5 Å². The van der Waals surface area contributed by atoms with E-state index >= 15 is 0 Å². The lowest BCUT2D eigenvalue weighted by atomic mass is 9.98. The van der Waals surface area contributed by atoms with Gasteiger partial charge in [-0.1, -0.05) is 146 Å². The highest BCUT2D eigenvalue weighted by Crippen LogP contribution is 2.44. The first kappa shape index (κ1) is 38.9. The van der Waals surface area contributed by atoms with Gasteiger partial charge >= 0.3 is 0 Å². The maximum absolute atomic E-state index is 6.87. The summed E-state index contributed by atoms with van der Waals surface area (Å²) in [6.07, 6.45) is 0. The highest BCUT2D eigenvalue weighted by Gasteiger charge is 2.22. The quantitative estimate of drug-likeness (QED) is 0.166. The van der Waals surface area contributed by atoms with Crippen molar-refractivity contribution in [3.05, 3.63) is 218 Å². The fourth-order valence-corrected chi connectivity index (χ4v) is 11.8. The summed E-state index contributed by atoms with van der Waals surface area (Å²) in [5, 5.41) is 8.98. The number of hydrogen-bond donors (Lipinski definition) is 0. The molecule has 0 saturated heterocycles. The molecule has 0 amide bonds. The lowest BCUT2D eigenvalue weighted by Crippen LogP contribution is -2.00. The van der Waals surface area contributed by atoms with Crippen molar-refractivity contribution in [2.75, 3.05) is 0 Å². The third-order valence-electron chi connectivity index (χ3n) is 13.9. The van der Waals surface area contributed by atoms with Gasteiger partial charge in [-0.25, -0.2) is 15.0 Å². The van der Waals surface area contributed by atoms with Crippen molar-refractivity contribution in [3.8, 4) is 62.1 Å². The second kappa shape index (κ2) is 15.2. The summed E-state index contributed by atoms with van der Waals surface area (Å²) in [6.45, 7) is 0. The van der Waals surface area contributed by atoms with Gasteiger partial charge in [0.05, 0.1) is 11.0 Å². The summed E-state index contributed by atoms with van der Waals surface area (Å²) in [5.74, 6) is 1.69. The molecule has 70 heavy (non-hydrogen) atoms. The van der Waals surface area contributed by atoms with Crippen molar-refractivity contribution in [1.29, 1.82) is 0 Å². The lowest BCUT2D eigenvalue weighted by molar-refractivity contribution is 0.669. The number of furan rings is 2. The Hall–Kier alpha value is -9.17. The molecule has 0 N–H and O–H groups in total. The zero-order valence-electron chi connectivity index (χ0n) is 37.3. The van der Waals surface area contributed by atoms with E-state index in [0.717, 1.165) is 88.5 Å². The molecule has 6 nitrogen and oxygen atoms in total. The fourth-order valence-electron chi connectivity index (χ4n) is 10.7. The molecule has 5 heterocycles. The number of hydrogen-bond acceptors (Lipinski definition) is 6. The number of nitrogens with zero attached hydrogens (tertiary/aromatic N) is 4. The number of para-hydroxylation sites is 3. The van der Waals surface area contributed by atoms with Crippen LogP contribution < -0.4 is 0 Å². The minimum absolute atomic E-state index is 0.552. The van der Waals surface area contributed by atoms with Gasteiger partial charge in [-0.15, -0.1) is 11.3 Å². The number of fused-ring (bicyclic) bond motifs is 12. The van der Waals surface area contributed by atoms with Crippen molar-refractivity contribution < 1.29 is 8.83 Å². The average Bonchev–Trinajstić information content (AvgIpc) is 4.19. The van der Waals surface area contributed by atoms with Gasteiger partial charge in [-0.2, -0.15) is 0 Å². The van der Waals surface area contributed by atoms with Crippen LogP contribution in [-0.4, -0.2) is 19.5 Å². The zero-order chi connectivity index (χ0) is 45.9. The van der Waals surface area contributed by atoms with Crippen LogP contribution in [0.5, 0.6) is 0 Å². The van der Waals surface area contributed by atoms with Gasteiger partial charge in [-0.05, 0) is 89.5 Å². The molecule has 0 saturated carbocycles. The maximum atomic E-state index is 6.87. The number of thiophene rings is 1. The van der Waals surface area contributed by atoms with E-state index in [9.17, 15) is 0 Å². The van der Waals surface area contributed by atoms with E-state index in [4.69, 9.17) is 23.8 Å².